The van der Waals surface area contributed by atoms with Crippen LogP contribution in [0.1, 0.15) is 42.7 Å². The van der Waals surface area contributed by atoms with Gasteiger partial charge in [-0.1, -0.05) is 19.1 Å². The van der Waals surface area contributed by atoms with Gasteiger partial charge in [-0.15, -0.1) is 11.8 Å². The third-order valence-electron chi connectivity index (χ3n) is 4.31. The number of carbonyl (C=O) groups is 1. The van der Waals surface area contributed by atoms with E-state index in [4.69, 9.17) is 4.74 Å². The molecule has 0 spiro atoms. The molecule has 0 saturated heterocycles. The lowest BCUT2D eigenvalue weighted by atomic mass is 10.1. The van der Waals surface area contributed by atoms with Crippen LogP contribution in [0.2, 0.25) is 0 Å². The van der Waals surface area contributed by atoms with E-state index in [0.717, 1.165) is 17.7 Å². The van der Waals surface area contributed by atoms with Crippen molar-refractivity contribution in [2.24, 2.45) is 0 Å². The van der Waals surface area contributed by atoms with Gasteiger partial charge in [0.25, 0.3) is 5.56 Å². The first kappa shape index (κ1) is 16.7. The molecule has 0 radical (unpaired) electrons. The maximum absolute atomic E-state index is 12.6. The van der Waals surface area contributed by atoms with Crippen LogP contribution in [-0.2, 0) is 4.79 Å². The van der Waals surface area contributed by atoms with E-state index in [0.29, 0.717) is 17.1 Å². The normalized spacial score (nSPS) is 18.5. The van der Waals surface area contributed by atoms with Gasteiger partial charge in [-0.2, -0.15) is 0 Å². The minimum absolute atomic E-state index is 0.0895. The van der Waals surface area contributed by atoms with Crippen molar-refractivity contribution in [3.63, 3.8) is 0 Å². The molecule has 0 unspecified atom stereocenters. The monoisotopic (exact) mass is 347 g/mol. The van der Waals surface area contributed by atoms with Gasteiger partial charge in [0.2, 0.25) is 5.91 Å². The van der Waals surface area contributed by atoms with E-state index in [1.807, 2.05) is 38.1 Å². The summed E-state index contributed by atoms with van der Waals surface area (Å²) in [6.45, 7) is 4.06. The Labute approximate surface area is 144 Å². The number of aromatic nitrogens is 2. The van der Waals surface area contributed by atoms with E-state index in [-0.39, 0.29) is 22.8 Å². The molecule has 7 heteroatoms. The molecule has 0 saturated carbocycles. The van der Waals surface area contributed by atoms with Crippen LogP contribution in [0, 0.1) is 0 Å². The molecule has 3 rings (SSSR count). The van der Waals surface area contributed by atoms with Crippen molar-refractivity contribution >= 4 is 23.5 Å². The van der Waals surface area contributed by atoms with E-state index < -0.39 is 0 Å². The van der Waals surface area contributed by atoms with Crippen molar-refractivity contribution in [1.29, 1.82) is 0 Å². The number of methoxy groups -OCH3 is 1. The number of ether oxygens (including phenoxy) is 1. The molecule has 1 aliphatic rings. The van der Waals surface area contributed by atoms with Crippen molar-refractivity contribution in [1.82, 2.24) is 9.78 Å². The lowest BCUT2D eigenvalue weighted by Gasteiger charge is -2.16. The second kappa shape index (κ2) is 6.76. The second-order valence-electron chi connectivity index (χ2n) is 5.84. The van der Waals surface area contributed by atoms with Crippen LogP contribution < -0.4 is 15.6 Å². The van der Waals surface area contributed by atoms with Gasteiger partial charge >= 0.3 is 0 Å². The number of fused-ring (bicyclic) bond motifs is 1. The molecule has 1 aliphatic heterocycles. The summed E-state index contributed by atoms with van der Waals surface area (Å²) in [5.41, 5.74) is 1.43. The SMILES string of the molecule is CC[C@H](C)n1[nH]c(=O)c2c1NC(=O)CS[C@H]2c1ccc(OC)cc1. The molecule has 0 fully saturated rings. The number of thioether (sulfide) groups is 1. The first-order valence-corrected chi connectivity index (χ1v) is 8.99. The Morgan fingerprint density at radius 3 is 2.67 bits per heavy atom. The number of hydrogen-bond donors (Lipinski definition) is 2. The summed E-state index contributed by atoms with van der Waals surface area (Å²) in [6.07, 6.45) is 0.854. The number of aromatic amines is 1. The second-order valence-corrected chi connectivity index (χ2v) is 6.94. The maximum atomic E-state index is 12.6. The Kier molecular flexibility index (Phi) is 4.71. The van der Waals surface area contributed by atoms with E-state index in [2.05, 4.69) is 10.4 Å². The zero-order chi connectivity index (χ0) is 17.3. The third kappa shape index (κ3) is 2.96. The Balaban J connectivity index is 2.11. The van der Waals surface area contributed by atoms with Crippen LogP contribution in [0.15, 0.2) is 29.1 Å². The van der Waals surface area contributed by atoms with Crippen molar-refractivity contribution in [3.8, 4) is 5.75 Å². The smallest absolute Gasteiger partial charge is 0.270 e. The van der Waals surface area contributed by atoms with Crippen LogP contribution in [0.25, 0.3) is 0 Å². The fourth-order valence-corrected chi connectivity index (χ4v) is 3.92. The van der Waals surface area contributed by atoms with Gasteiger partial charge in [0.15, 0.2) is 0 Å². The quantitative estimate of drug-likeness (QED) is 0.892. The van der Waals surface area contributed by atoms with Gasteiger partial charge in [0.05, 0.1) is 23.7 Å². The number of hydrogen-bond acceptors (Lipinski definition) is 4. The number of anilines is 1. The zero-order valence-corrected chi connectivity index (χ0v) is 14.8. The number of H-pyrrole nitrogens is 1. The molecular weight excluding hydrogens is 326 g/mol. The highest BCUT2D eigenvalue weighted by molar-refractivity contribution is 8.00. The zero-order valence-electron chi connectivity index (χ0n) is 14.0. The molecule has 2 atom stereocenters. The number of benzene rings is 1. The van der Waals surface area contributed by atoms with Crippen LogP contribution in [-0.4, -0.2) is 28.6 Å². The molecule has 6 nitrogen and oxygen atoms in total. The number of nitrogens with one attached hydrogen (secondary N) is 2. The first-order chi connectivity index (χ1) is 11.5. The molecule has 0 aliphatic carbocycles. The summed E-state index contributed by atoms with van der Waals surface area (Å²) in [4.78, 5) is 24.7. The Morgan fingerprint density at radius 2 is 2.04 bits per heavy atom. The molecular formula is C17H21N3O3S. The summed E-state index contributed by atoms with van der Waals surface area (Å²) in [5.74, 6) is 1.57. The summed E-state index contributed by atoms with van der Waals surface area (Å²) >= 11 is 1.46. The van der Waals surface area contributed by atoms with Gasteiger partial charge in [0.1, 0.15) is 11.6 Å². The molecule has 2 heterocycles. The van der Waals surface area contributed by atoms with Crippen LogP contribution in [0.3, 0.4) is 0 Å². The van der Waals surface area contributed by atoms with Gasteiger partial charge in [-0.05, 0) is 31.0 Å². The highest BCUT2D eigenvalue weighted by Gasteiger charge is 2.31. The highest BCUT2D eigenvalue weighted by Crippen LogP contribution is 2.40. The molecule has 128 valence electrons. The van der Waals surface area contributed by atoms with Crippen LogP contribution in [0.4, 0.5) is 5.82 Å². The summed E-state index contributed by atoms with van der Waals surface area (Å²) in [5, 5.41) is 5.59. The lowest BCUT2D eigenvalue weighted by molar-refractivity contribution is -0.113. The minimum atomic E-state index is -0.195. The fourth-order valence-electron chi connectivity index (χ4n) is 2.80. The van der Waals surface area contributed by atoms with E-state index in [9.17, 15) is 9.59 Å². The third-order valence-corrected chi connectivity index (χ3v) is 5.58. The highest BCUT2D eigenvalue weighted by atomic mass is 32.2. The van der Waals surface area contributed by atoms with Crippen molar-refractivity contribution in [2.75, 3.05) is 18.2 Å². The van der Waals surface area contributed by atoms with E-state index in [1.165, 1.54) is 11.8 Å². The number of nitrogens with zero attached hydrogens (tertiary/aromatic N) is 1. The molecule has 2 aromatic rings. The maximum Gasteiger partial charge on any atom is 0.270 e. The number of carbonyl (C=O) groups excluding carboxylic acids is 1. The molecule has 1 aromatic heterocycles. The largest absolute Gasteiger partial charge is 0.497 e. The van der Waals surface area contributed by atoms with E-state index in [1.54, 1.807) is 11.8 Å². The fraction of sp³-hybridized carbons (Fsp3) is 0.412. The predicted octanol–water partition coefficient (Wildman–Crippen LogP) is 2.93. The Morgan fingerprint density at radius 1 is 1.33 bits per heavy atom. The molecule has 1 aromatic carbocycles. The lowest BCUT2D eigenvalue weighted by Crippen LogP contribution is -2.18. The summed E-state index contributed by atoms with van der Waals surface area (Å²) < 4.78 is 6.97. The van der Waals surface area contributed by atoms with Gasteiger partial charge in [-0.25, -0.2) is 0 Å². The van der Waals surface area contributed by atoms with Gasteiger partial charge < -0.3 is 10.1 Å². The molecule has 1 amide bonds. The average Bonchev–Trinajstić information content (AvgIpc) is 2.80. The average molecular weight is 347 g/mol. The summed E-state index contributed by atoms with van der Waals surface area (Å²) in [6, 6.07) is 7.72. The number of rotatable bonds is 4. The molecule has 24 heavy (non-hydrogen) atoms. The van der Waals surface area contributed by atoms with Crippen LogP contribution >= 0.6 is 11.8 Å². The Hall–Kier alpha value is -2.15. The molecule has 0 bridgehead atoms. The van der Waals surface area contributed by atoms with Crippen molar-refractivity contribution in [3.05, 3.63) is 45.7 Å². The van der Waals surface area contributed by atoms with Gasteiger partial charge in [0, 0.05) is 6.04 Å². The van der Waals surface area contributed by atoms with Gasteiger partial charge in [-0.3, -0.25) is 19.4 Å². The Bertz CT molecular complexity index is 794. The predicted molar refractivity (Wildman–Crippen MR) is 96.0 cm³/mol. The first-order valence-electron chi connectivity index (χ1n) is 7.95. The molecule has 2 N–H and O–H groups in total. The summed E-state index contributed by atoms with van der Waals surface area (Å²) in [7, 11) is 1.62. The minimum Gasteiger partial charge on any atom is -0.497 e. The van der Waals surface area contributed by atoms with Crippen LogP contribution in [0.5, 0.6) is 5.75 Å². The number of amides is 1. The van der Waals surface area contributed by atoms with Crippen molar-refractivity contribution in [2.45, 2.75) is 31.6 Å². The topological polar surface area (TPSA) is 76.1 Å². The van der Waals surface area contributed by atoms with Crippen molar-refractivity contribution < 1.29 is 9.53 Å². The van der Waals surface area contributed by atoms with E-state index >= 15 is 0 Å². The standard InChI is InChI=1S/C17H21N3O3S/c1-4-10(2)20-16-14(17(22)19-20)15(24-9-13(21)18-16)11-5-7-12(23-3)8-6-11/h5-8,10,15H,4,9H2,1-3H3,(H,18,21)(H,19,22)/t10-,15-/m0/s1.